The minimum absolute atomic E-state index is 0.0294. The molecule has 6 nitrogen and oxygen atoms in total. The smallest absolute Gasteiger partial charge is 0.251 e. The number of carbonyl (C=O) groups is 2. The van der Waals surface area contributed by atoms with Crippen LogP contribution in [0.3, 0.4) is 0 Å². The summed E-state index contributed by atoms with van der Waals surface area (Å²) in [4.78, 5) is 34.7. The number of amides is 2. The molecule has 36 heavy (non-hydrogen) atoms. The van der Waals surface area contributed by atoms with Gasteiger partial charge in [-0.25, -0.2) is 0 Å². The SMILES string of the molecule is CCC(=O)N(CC1CCCc2ccc(C(=O)NC3CCN(c4ccncc4)CC3)cc21)C1CCCC1. The average molecular weight is 489 g/mol. The molecule has 6 heteroatoms. The number of aryl methyl sites for hydroxylation is 1. The van der Waals surface area contributed by atoms with E-state index in [1.54, 1.807) is 0 Å². The number of anilines is 1. The Morgan fingerprint density at radius 1 is 1.00 bits per heavy atom. The van der Waals surface area contributed by atoms with Crippen molar-refractivity contribution in [1.29, 1.82) is 0 Å². The maximum absolute atomic E-state index is 13.2. The number of benzene rings is 1. The second-order valence-electron chi connectivity index (χ2n) is 10.8. The summed E-state index contributed by atoms with van der Waals surface area (Å²) in [5, 5.41) is 3.30. The van der Waals surface area contributed by atoms with Crippen LogP contribution in [0.2, 0.25) is 0 Å². The average Bonchev–Trinajstić information content (AvgIpc) is 3.46. The summed E-state index contributed by atoms with van der Waals surface area (Å²) >= 11 is 0. The fourth-order valence-corrected chi connectivity index (χ4v) is 6.44. The van der Waals surface area contributed by atoms with E-state index >= 15 is 0 Å². The summed E-state index contributed by atoms with van der Waals surface area (Å²) in [6, 6.07) is 11.0. The number of aromatic nitrogens is 1. The van der Waals surface area contributed by atoms with Crippen LogP contribution in [0.4, 0.5) is 5.69 Å². The minimum Gasteiger partial charge on any atom is -0.371 e. The number of hydrogen-bond acceptors (Lipinski definition) is 4. The highest BCUT2D eigenvalue weighted by atomic mass is 16.2. The van der Waals surface area contributed by atoms with E-state index < -0.39 is 0 Å². The molecule has 1 N–H and O–H groups in total. The van der Waals surface area contributed by atoms with Crippen molar-refractivity contribution in [3.63, 3.8) is 0 Å². The van der Waals surface area contributed by atoms with Gasteiger partial charge < -0.3 is 15.1 Å². The fraction of sp³-hybridized carbons (Fsp3) is 0.567. The molecule has 2 aromatic rings. The van der Waals surface area contributed by atoms with Gasteiger partial charge in [-0.1, -0.05) is 25.8 Å². The molecule has 1 saturated heterocycles. The van der Waals surface area contributed by atoms with E-state index in [1.807, 2.05) is 37.5 Å². The third-order valence-electron chi connectivity index (χ3n) is 8.51. The van der Waals surface area contributed by atoms with Crippen LogP contribution in [0.25, 0.3) is 0 Å². The van der Waals surface area contributed by atoms with Gasteiger partial charge in [0.15, 0.2) is 0 Å². The van der Waals surface area contributed by atoms with Crippen molar-refractivity contribution in [2.24, 2.45) is 0 Å². The summed E-state index contributed by atoms with van der Waals surface area (Å²) in [5.74, 6) is 0.629. The highest BCUT2D eigenvalue weighted by molar-refractivity contribution is 5.94. The second-order valence-corrected chi connectivity index (χ2v) is 10.8. The lowest BCUT2D eigenvalue weighted by Crippen LogP contribution is -2.44. The Balaban J connectivity index is 1.24. The maximum atomic E-state index is 13.2. The molecule has 1 unspecified atom stereocenters. The third kappa shape index (κ3) is 5.58. The fourth-order valence-electron chi connectivity index (χ4n) is 6.44. The standard InChI is InChI=1S/C30H40N4O2/c1-2-29(35)34(27-8-3-4-9-27)21-24-7-5-6-22-10-11-23(20-28(22)24)30(36)32-25-14-18-33(19-15-25)26-12-16-31-17-13-26/h10-13,16-17,20,24-25,27H,2-9,14-15,18-19,21H2,1H3,(H,32,36). The lowest BCUT2D eigenvalue weighted by Gasteiger charge is -2.35. The molecule has 2 amide bonds. The van der Waals surface area contributed by atoms with Gasteiger partial charge in [0.05, 0.1) is 0 Å². The molecule has 1 atom stereocenters. The van der Waals surface area contributed by atoms with Crippen LogP contribution in [0.5, 0.6) is 0 Å². The molecule has 3 aliphatic rings. The van der Waals surface area contributed by atoms with Crippen LogP contribution in [-0.4, -0.2) is 53.4 Å². The molecule has 1 aromatic heterocycles. The van der Waals surface area contributed by atoms with Crippen LogP contribution >= 0.6 is 0 Å². The van der Waals surface area contributed by atoms with Crippen LogP contribution < -0.4 is 10.2 Å². The molecule has 2 fully saturated rings. The zero-order valence-electron chi connectivity index (χ0n) is 21.6. The summed E-state index contributed by atoms with van der Waals surface area (Å²) in [6.45, 7) is 4.64. The molecular weight excluding hydrogens is 448 g/mol. The molecule has 0 spiro atoms. The molecular formula is C30H40N4O2. The van der Waals surface area contributed by atoms with Crippen molar-refractivity contribution >= 4 is 17.5 Å². The molecule has 192 valence electrons. The number of nitrogens with one attached hydrogen (secondary N) is 1. The number of nitrogens with zero attached hydrogens (tertiary/aromatic N) is 3. The summed E-state index contributed by atoms with van der Waals surface area (Å²) in [5.41, 5.74) is 4.59. The molecule has 2 heterocycles. The lowest BCUT2D eigenvalue weighted by molar-refractivity contribution is -0.133. The third-order valence-corrected chi connectivity index (χ3v) is 8.51. The first-order valence-corrected chi connectivity index (χ1v) is 14.0. The number of pyridine rings is 1. The topological polar surface area (TPSA) is 65.5 Å². The van der Waals surface area contributed by atoms with E-state index in [4.69, 9.17) is 0 Å². The van der Waals surface area contributed by atoms with Crippen LogP contribution in [0.15, 0.2) is 42.7 Å². The second kappa shape index (κ2) is 11.4. The first kappa shape index (κ1) is 24.8. The molecule has 1 aliphatic heterocycles. The number of carbonyl (C=O) groups excluding carboxylic acids is 2. The Hall–Kier alpha value is -2.89. The lowest BCUT2D eigenvalue weighted by atomic mass is 9.81. The van der Waals surface area contributed by atoms with Crippen molar-refractivity contribution < 1.29 is 9.59 Å². The zero-order valence-corrected chi connectivity index (χ0v) is 21.6. The predicted octanol–water partition coefficient (Wildman–Crippen LogP) is 5.08. The van der Waals surface area contributed by atoms with E-state index in [1.165, 1.54) is 29.7 Å². The van der Waals surface area contributed by atoms with E-state index in [-0.39, 0.29) is 17.9 Å². The van der Waals surface area contributed by atoms with Gasteiger partial charge in [0.2, 0.25) is 5.91 Å². The first-order valence-electron chi connectivity index (χ1n) is 14.0. The number of rotatable bonds is 7. The molecule has 0 bridgehead atoms. The zero-order chi connectivity index (χ0) is 24.9. The Bertz CT molecular complexity index is 1040. The molecule has 2 aliphatic carbocycles. The van der Waals surface area contributed by atoms with Crippen molar-refractivity contribution in [3.8, 4) is 0 Å². The number of piperidine rings is 1. The van der Waals surface area contributed by atoms with Crippen molar-refractivity contribution in [2.75, 3.05) is 24.5 Å². The van der Waals surface area contributed by atoms with Gasteiger partial charge in [-0.15, -0.1) is 0 Å². The van der Waals surface area contributed by atoms with E-state index in [2.05, 4.69) is 32.2 Å². The Labute approximate surface area is 215 Å². The largest absolute Gasteiger partial charge is 0.371 e. The highest BCUT2D eigenvalue weighted by Crippen LogP contribution is 2.35. The minimum atomic E-state index is 0.0294. The van der Waals surface area contributed by atoms with Crippen LogP contribution in [0, 0.1) is 0 Å². The van der Waals surface area contributed by atoms with Crippen LogP contribution in [0.1, 0.15) is 92.1 Å². The highest BCUT2D eigenvalue weighted by Gasteiger charge is 2.31. The van der Waals surface area contributed by atoms with Crippen molar-refractivity contribution in [2.45, 2.75) is 89.1 Å². The van der Waals surface area contributed by atoms with E-state index in [0.29, 0.717) is 18.4 Å². The summed E-state index contributed by atoms with van der Waals surface area (Å²) in [7, 11) is 0. The van der Waals surface area contributed by atoms with Crippen molar-refractivity contribution in [3.05, 3.63) is 59.4 Å². The van der Waals surface area contributed by atoms with Gasteiger partial charge in [0, 0.05) is 67.7 Å². The van der Waals surface area contributed by atoms with E-state index in [9.17, 15) is 9.59 Å². The normalized spacial score (nSPS) is 20.7. The summed E-state index contributed by atoms with van der Waals surface area (Å²) in [6.07, 6.45) is 14.1. The molecule has 5 rings (SSSR count). The first-order chi connectivity index (χ1) is 17.6. The monoisotopic (exact) mass is 488 g/mol. The number of fused-ring (bicyclic) bond motifs is 1. The summed E-state index contributed by atoms with van der Waals surface area (Å²) < 4.78 is 0. The van der Waals surface area contributed by atoms with Gasteiger partial charge >= 0.3 is 0 Å². The number of hydrogen-bond donors (Lipinski definition) is 1. The Kier molecular flexibility index (Phi) is 7.88. The molecule has 0 radical (unpaired) electrons. The van der Waals surface area contributed by atoms with Gasteiger partial charge in [-0.3, -0.25) is 14.6 Å². The Morgan fingerprint density at radius 3 is 2.47 bits per heavy atom. The van der Waals surface area contributed by atoms with Gasteiger partial charge in [0.1, 0.15) is 0 Å². The van der Waals surface area contributed by atoms with Gasteiger partial charge in [-0.05, 0) is 80.3 Å². The van der Waals surface area contributed by atoms with Crippen molar-refractivity contribution in [1.82, 2.24) is 15.2 Å². The van der Waals surface area contributed by atoms with Crippen LogP contribution in [-0.2, 0) is 11.2 Å². The maximum Gasteiger partial charge on any atom is 0.251 e. The van der Waals surface area contributed by atoms with Gasteiger partial charge in [0.25, 0.3) is 5.91 Å². The Morgan fingerprint density at radius 2 is 1.75 bits per heavy atom. The van der Waals surface area contributed by atoms with Gasteiger partial charge in [-0.2, -0.15) is 0 Å². The van der Waals surface area contributed by atoms with E-state index in [0.717, 1.165) is 70.1 Å². The predicted molar refractivity (Wildman–Crippen MR) is 143 cm³/mol. The quantitative estimate of drug-likeness (QED) is 0.590. The molecule has 1 saturated carbocycles. The molecule has 1 aromatic carbocycles.